The Labute approximate surface area is 96.8 Å². The molecule has 0 amide bonds. The minimum atomic E-state index is 0.645. The van der Waals surface area contributed by atoms with Crippen LogP contribution in [-0.4, -0.2) is 41.8 Å². The van der Waals surface area contributed by atoms with Gasteiger partial charge >= 0.3 is 0 Å². The summed E-state index contributed by atoms with van der Waals surface area (Å²) in [5.41, 5.74) is 0. The van der Waals surface area contributed by atoms with Crippen molar-refractivity contribution in [3.8, 4) is 0 Å². The highest BCUT2D eigenvalue weighted by Crippen LogP contribution is 2.17. The summed E-state index contributed by atoms with van der Waals surface area (Å²) in [4.78, 5) is 0. The lowest BCUT2D eigenvalue weighted by Crippen LogP contribution is -2.62. The molecular weight excluding hydrogens is 184 g/mol. The van der Waals surface area contributed by atoms with Crippen LogP contribution < -0.4 is 0 Å². The monoisotopic (exact) mass is 215 g/mol. The molecule has 0 aliphatic heterocycles. The van der Waals surface area contributed by atoms with Gasteiger partial charge in [-0.3, -0.25) is 0 Å². The van der Waals surface area contributed by atoms with Crippen LogP contribution in [0, 0.1) is 0 Å². The molecule has 0 fully saturated rings. The van der Waals surface area contributed by atoms with Gasteiger partial charge in [0, 0.05) is 6.54 Å². The predicted octanol–water partition coefficient (Wildman–Crippen LogP) is 3.29. The Balaban J connectivity index is 4.70. The SMILES string of the molecule is CCCC[N+](CC)(CC)N(CC)C(C)C. The third-order valence-electron chi connectivity index (χ3n) is 3.57. The Hall–Kier alpha value is -0.0800. The molecule has 0 aromatic rings. The molecule has 0 aromatic carbocycles. The minimum Gasteiger partial charge on any atom is -0.243 e. The molecule has 15 heavy (non-hydrogen) atoms. The van der Waals surface area contributed by atoms with Gasteiger partial charge in [0.1, 0.15) is 0 Å². The van der Waals surface area contributed by atoms with E-state index in [2.05, 4.69) is 46.6 Å². The highest BCUT2D eigenvalue weighted by atomic mass is 15.8. The van der Waals surface area contributed by atoms with E-state index >= 15 is 0 Å². The predicted molar refractivity (Wildman–Crippen MR) is 68.6 cm³/mol. The third-order valence-corrected chi connectivity index (χ3v) is 3.57. The molecule has 0 aliphatic rings. The molecule has 0 atom stereocenters. The fraction of sp³-hybridized carbons (Fsp3) is 1.00. The van der Waals surface area contributed by atoms with E-state index in [0.717, 1.165) is 6.54 Å². The molecular formula is C13H31N2+. The number of rotatable bonds is 8. The second kappa shape index (κ2) is 7.24. The topological polar surface area (TPSA) is 3.24 Å². The van der Waals surface area contributed by atoms with Crippen molar-refractivity contribution in [1.82, 2.24) is 5.01 Å². The van der Waals surface area contributed by atoms with Crippen LogP contribution in [0.5, 0.6) is 0 Å². The molecule has 0 saturated heterocycles. The van der Waals surface area contributed by atoms with E-state index in [9.17, 15) is 0 Å². The molecule has 0 N–H and O–H groups in total. The summed E-state index contributed by atoms with van der Waals surface area (Å²) in [5.74, 6) is 0. The Morgan fingerprint density at radius 3 is 1.80 bits per heavy atom. The summed E-state index contributed by atoms with van der Waals surface area (Å²) in [5, 5.41) is 2.63. The zero-order chi connectivity index (χ0) is 11.9. The smallest absolute Gasteiger partial charge is 0.0963 e. The lowest BCUT2D eigenvalue weighted by Gasteiger charge is -2.46. The zero-order valence-corrected chi connectivity index (χ0v) is 11.7. The molecule has 0 bridgehead atoms. The van der Waals surface area contributed by atoms with Gasteiger partial charge in [0.05, 0.1) is 25.7 Å². The number of quaternary nitrogens is 1. The van der Waals surface area contributed by atoms with Crippen molar-refractivity contribution < 1.29 is 4.59 Å². The van der Waals surface area contributed by atoms with Crippen molar-refractivity contribution in [2.24, 2.45) is 0 Å². The van der Waals surface area contributed by atoms with Gasteiger partial charge in [0.25, 0.3) is 0 Å². The van der Waals surface area contributed by atoms with Crippen LogP contribution in [0.2, 0.25) is 0 Å². The van der Waals surface area contributed by atoms with Gasteiger partial charge in [0.15, 0.2) is 0 Å². The van der Waals surface area contributed by atoms with Crippen LogP contribution in [0.1, 0.15) is 54.4 Å². The Morgan fingerprint density at radius 1 is 1.00 bits per heavy atom. The van der Waals surface area contributed by atoms with Crippen LogP contribution >= 0.6 is 0 Å². The molecule has 0 heterocycles. The van der Waals surface area contributed by atoms with Crippen LogP contribution in [0.15, 0.2) is 0 Å². The molecule has 92 valence electrons. The highest BCUT2D eigenvalue weighted by molar-refractivity contribution is 4.52. The van der Waals surface area contributed by atoms with E-state index in [-0.39, 0.29) is 0 Å². The molecule has 0 saturated carbocycles. The highest BCUT2D eigenvalue weighted by Gasteiger charge is 2.32. The molecule has 0 spiro atoms. The van der Waals surface area contributed by atoms with Crippen molar-refractivity contribution in [2.75, 3.05) is 26.2 Å². The van der Waals surface area contributed by atoms with E-state index in [4.69, 9.17) is 0 Å². The van der Waals surface area contributed by atoms with Crippen LogP contribution in [0.4, 0.5) is 0 Å². The average molecular weight is 215 g/mol. The zero-order valence-electron chi connectivity index (χ0n) is 11.7. The molecule has 0 radical (unpaired) electrons. The van der Waals surface area contributed by atoms with E-state index in [1.165, 1.54) is 37.1 Å². The number of hydrogen-bond donors (Lipinski definition) is 0. The quantitative estimate of drug-likeness (QED) is 0.443. The van der Waals surface area contributed by atoms with Gasteiger partial charge < -0.3 is 0 Å². The van der Waals surface area contributed by atoms with Gasteiger partial charge in [0.2, 0.25) is 0 Å². The maximum Gasteiger partial charge on any atom is 0.0963 e. The summed E-state index contributed by atoms with van der Waals surface area (Å²) in [6.07, 6.45) is 2.64. The van der Waals surface area contributed by atoms with Crippen molar-refractivity contribution >= 4 is 0 Å². The Kier molecular flexibility index (Phi) is 7.20. The summed E-state index contributed by atoms with van der Waals surface area (Å²) < 4.78 is 1.17. The van der Waals surface area contributed by atoms with E-state index in [1.807, 2.05) is 0 Å². The van der Waals surface area contributed by atoms with Gasteiger partial charge in [-0.15, -0.1) is 0 Å². The second-order valence-electron chi connectivity index (χ2n) is 4.65. The van der Waals surface area contributed by atoms with Crippen LogP contribution in [0.3, 0.4) is 0 Å². The summed E-state index contributed by atoms with van der Waals surface area (Å²) in [6, 6.07) is 0.645. The number of unbranched alkanes of at least 4 members (excludes halogenated alkanes) is 1. The fourth-order valence-electron chi connectivity index (χ4n) is 2.64. The van der Waals surface area contributed by atoms with E-state index in [1.54, 1.807) is 0 Å². The first kappa shape index (κ1) is 14.9. The number of nitrogens with zero attached hydrogens (tertiary/aromatic N) is 2. The van der Waals surface area contributed by atoms with Gasteiger partial charge in [-0.05, 0) is 41.0 Å². The lowest BCUT2D eigenvalue weighted by molar-refractivity contribution is -1.04. The molecule has 2 heteroatoms. The molecule has 0 rings (SSSR count). The average Bonchev–Trinajstić information content (AvgIpc) is 2.24. The first-order chi connectivity index (χ1) is 7.07. The van der Waals surface area contributed by atoms with E-state index < -0.39 is 0 Å². The van der Waals surface area contributed by atoms with Crippen LogP contribution in [0.25, 0.3) is 0 Å². The first-order valence-electron chi connectivity index (χ1n) is 6.71. The normalized spacial score (nSPS) is 12.8. The minimum absolute atomic E-state index is 0.645. The van der Waals surface area contributed by atoms with Crippen molar-refractivity contribution in [3.05, 3.63) is 0 Å². The Bertz CT molecular complexity index is 151. The second-order valence-corrected chi connectivity index (χ2v) is 4.65. The fourth-order valence-corrected chi connectivity index (χ4v) is 2.64. The largest absolute Gasteiger partial charge is 0.243 e. The lowest BCUT2D eigenvalue weighted by atomic mass is 10.2. The Morgan fingerprint density at radius 2 is 1.53 bits per heavy atom. The molecule has 0 aliphatic carbocycles. The van der Waals surface area contributed by atoms with Crippen LogP contribution in [-0.2, 0) is 0 Å². The van der Waals surface area contributed by atoms with Gasteiger partial charge in [-0.1, -0.05) is 13.3 Å². The summed E-state index contributed by atoms with van der Waals surface area (Å²) in [7, 11) is 0. The number of hydrogen-bond acceptors (Lipinski definition) is 1. The standard InChI is InChI=1S/C13H31N2/c1-7-11-12-15(9-3,10-4)14(8-2)13(5)6/h13H,7-12H2,1-6H3/q+1. The maximum atomic E-state index is 2.63. The maximum absolute atomic E-state index is 2.63. The van der Waals surface area contributed by atoms with Crippen molar-refractivity contribution in [3.63, 3.8) is 0 Å². The van der Waals surface area contributed by atoms with Crippen molar-refractivity contribution in [1.29, 1.82) is 0 Å². The summed E-state index contributed by atoms with van der Waals surface area (Å²) in [6.45, 7) is 18.7. The third kappa shape index (κ3) is 3.76. The van der Waals surface area contributed by atoms with E-state index in [0.29, 0.717) is 6.04 Å². The van der Waals surface area contributed by atoms with Gasteiger partial charge in [-0.25, -0.2) is 4.59 Å². The molecule has 0 aromatic heterocycles. The van der Waals surface area contributed by atoms with Gasteiger partial charge in [-0.2, -0.15) is 5.01 Å². The summed E-state index contributed by atoms with van der Waals surface area (Å²) >= 11 is 0. The van der Waals surface area contributed by atoms with Crippen molar-refractivity contribution in [2.45, 2.75) is 60.4 Å². The molecule has 0 unspecified atom stereocenters. The first-order valence-corrected chi connectivity index (χ1v) is 6.71. The molecule has 2 nitrogen and oxygen atoms in total.